The summed E-state index contributed by atoms with van der Waals surface area (Å²) in [4.78, 5) is 27.6. The number of urea groups is 1. The van der Waals surface area contributed by atoms with Crippen LogP contribution >= 0.6 is 0 Å². The van der Waals surface area contributed by atoms with E-state index in [2.05, 4.69) is 15.6 Å². The first-order valence-corrected chi connectivity index (χ1v) is 5.69. The molecule has 0 aromatic rings. The molecule has 1 aliphatic heterocycles. The van der Waals surface area contributed by atoms with Crippen LogP contribution in [0.3, 0.4) is 0 Å². The molecule has 7 nitrogen and oxygen atoms in total. The molecule has 4 N–H and O–H groups in total. The van der Waals surface area contributed by atoms with Crippen molar-refractivity contribution in [2.75, 3.05) is 19.6 Å². The van der Waals surface area contributed by atoms with Gasteiger partial charge in [0.1, 0.15) is 0 Å². The van der Waals surface area contributed by atoms with Gasteiger partial charge in [-0.05, 0) is 13.3 Å². The topological polar surface area (TPSA) is 99.8 Å². The molecule has 1 unspecified atom stereocenters. The van der Waals surface area contributed by atoms with E-state index in [1.165, 1.54) is 0 Å². The van der Waals surface area contributed by atoms with Crippen LogP contribution in [0.5, 0.6) is 0 Å². The summed E-state index contributed by atoms with van der Waals surface area (Å²) in [5, 5.41) is 5.44. The lowest BCUT2D eigenvalue weighted by molar-refractivity contribution is -0.124. The number of hydrogen-bond acceptors (Lipinski definition) is 3. The first-order chi connectivity index (χ1) is 8.04. The summed E-state index contributed by atoms with van der Waals surface area (Å²) in [6.07, 6.45) is 0.948. The maximum atomic E-state index is 11.2. The SMILES string of the molecule is CCC(C)NC(N)=NCCN1C(=O)CNC1=O. The molecule has 0 radical (unpaired) electrons. The van der Waals surface area contributed by atoms with Crippen LogP contribution in [0.1, 0.15) is 20.3 Å². The molecule has 0 aromatic carbocycles. The summed E-state index contributed by atoms with van der Waals surface area (Å²) in [5.74, 6) is 0.116. The molecule has 17 heavy (non-hydrogen) atoms. The Kier molecular flexibility index (Phi) is 4.74. The second-order valence-electron chi connectivity index (χ2n) is 3.92. The largest absolute Gasteiger partial charge is 0.370 e. The van der Waals surface area contributed by atoms with Crippen molar-refractivity contribution in [2.24, 2.45) is 10.7 Å². The van der Waals surface area contributed by atoms with Gasteiger partial charge in [-0.2, -0.15) is 0 Å². The van der Waals surface area contributed by atoms with Gasteiger partial charge < -0.3 is 16.4 Å². The van der Waals surface area contributed by atoms with Crippen molar-refractivity contribution in [3.05, 3.63) is 0 Å². The molecule has 7 heteroatoms. The van der Waals surface area contributed by atoms with Gasteiger partial charge in [-0.15, -0.1) is 0 Å². The fraction of sp³-hybridized carbons (Fsp3) is 0.700. The number of aliphatic imine (C=N–C) groups is 1. The molecule has 0 bridgehead atoms. The van der Waals surface area contributed by atoms with Gasteiger partial charge >= 0.3 is 6.03 Å². The molecule has 1 fully saturated rings. The van der Waals surface area contributed by atoms with Gasteiger partial charge in [0, 0.05) is 6.04 Å². The molecule has 0 saturated carbocycles. The monoisotopic (exact) mass is 241 g/mol. The fourth-order valence-electron chi connectivity index (χ4n) is 1.35. The number of hydrogen-bond donors (Lipinski definition) is 3. The Morgan fingerprint density at radius 1 is 1.65 bits per heavy atom. The van der Waals surface area contributed by atoms with Crippen LogP contribution in [-0.4, -0.2) is 48.5 Å². The summed E-state index contributed by atoms with van der Waals surface area (Å²) in [6, 6.07) is -0.103. The minimum absolute atomic E-state index is 0.0726. The van der Waals surface area contributed by atoms with Crippen molar-refractivity contribution >= 4 is 17.9 Å². The van der Waals surface area contributed by atoms with Crippen molar-refractivity contribution in [3.63, 3.8) is 0 Å². The van der Waals surface area contributed by atoms with Gasteiger partial charge in [-0.1, -0.05) is 6.92 Å². The Morgan fingerprint density at radius 3 is 2.88 bits per heavy atom. The third-order valence-corrected chi connectivity index (χ3v) is 2.55. The number of nitrogens with zero attached hydrogens (tertiary/aromatic N) is 2. The lowest BCUT2D eigenvalue weighted by Crippen LogP contribution is -2.39. The van der Waals surface area contributed by atoms with Gasteiger partial charge in [-0.25, -0.2) is 4.79 Å². The number of amides is 3. The van der Waals surface area contributed by atoms with Crippen LogP contribution in [0, 0.1) is 0 Å². The molecule has 1 aliphatic rings. The van der Waals surface area contributed by atoms with Gasteiger partial charge in [-0.3, -0.25) is 14.7 Å². The number of rotatable bonds is 5. The lowest BCUT2D eigenvalue weighted by Gasteiger charge is -2.13. The number of imide groups is 1. The highest BCUT2D eigenvalue weighted by molar-refractivity contribution is 6.01. The van der Waals surface area contributed by atoms with Crippen LogP contribution in [0.25, 0.3) is 0 Å². The molecule has 96 valence electrons. The van der Waals surface area contributed by atoms with Crippen LogP contribution < -0.4 is 16.4 Å². The van der Waals surface area contributed by atoms with E-state index in [0.717, 1.165) is 11.3 Å². The summed E-state index contributed by atoms with van der Waals surface area (Å²) in [5.41, 5.74) is 5.64. The zero-order valence-corrected chi connectivity index (χ0v) is 10.2. The van der Waals surface area contributed by atoms with E-state index in [4.69, 9.17) is 5.73 Å². The highest BCUT2D eigenvalue weighted by Gasteiger charge is 2.27. The van der Waals surface area contributed by atoms with E-state index < -0.39 is 0 Å². The van der Waals surface area contributed by atoms with Gasteiger partial charge in [0.15, 0.2) is 5.96 Å². The summed E-state index contributed by atoms with van der Waals surface area (Å²) >= 11 is 0. The predicted molar refractivity (Wildman–Crippen MR) is 64.5 cm³/mol. The minimum atomic E-state index is -0.362. The Morgan fingerprint density at radius 2 is 2.35 bits per heavy atom. The standard InChI is InChI=1S/C10H19N5O2/c1-3-7(2)14-9(11)12-4-5-15-8(16)6-13-10(15)17/h7H,3-6H2,1-2H3,(H,13,17)(H3,11,12,14). The van der Waals surface area contributed by atoms with Crippen LogP contribution in [0.15, 0.2) is 4.99 Å². The summed E-state index contributed by atoms with van der Waals surface area (Å²) < 4.78 is 0. The maximum absolute atomic E-state index is 11.2. The van der Waals surface area contributed by atoms with Crippen molar-refractivity contribution in [1.82, 2.24) is 15.5 Å². The van der Waals surface area contributed by atoms with Crippen molar-refractivity contribution in [3.8, 4) is 0 Å². The third-order valence-electron chi connectivity index (χ3n) is 2.55. The number of guanidine groups is 1. The van der Waals surface area contributed by atoms with E-state index in [9.17, 15) is 9.59 Å². The third kappa shape index (κ3) is 3.93. The average Bonchev–Trinajstić information content (AvgIpc) is 2.60. The van der Waals surface area contributed by atoms with E-state index in [1.807, 2.05) is 13.8 Å². The van der Waals surface area contributed by atoms with Gasteiger partial charge in [0.05, 0.1) is 19.6 Å². The lowest BCUT2D eigenvalue weighted by atomic mass is 10.3. The molecule has 0 aromatic heterocycles. The first kappa shape index (κ1) is 13.3. The van der Waals surface area contributed by atoms with Crippen molar-refractivity contribution < 1.29 is 9.59 Å². The Labute approximate surface area is 100 Å². The smallest absolute Gasteiger partial charge is 0.324 e. The zero-order chi connectivity index (χ0) is 12.8. The molecule has 1 heterocycles. The average molecular weight is 241 g/mol. The number of carbonyl (C=O) groups excluding carboxylic acids is 2. The van der Waals surface area contributed by atoms with Crippen LogP contribution in [0.2, 0.25) is 0 Å². The molecular weight excluding hydrogens is 222 g/mol. The molecule has 1 rings (SSSR count). The van der Waals surface area contributed by atoms with E-state index in [1.54, 1.807) is 0 Å². The summed E-state index contributed by atoms with van der Waals surface area (Å²) in [6.45, 7) is 4.68. The first-order valence-electron chi connectivity index (χ1n) is 5.69. The van der Waals surface area contributed by atoms with Gasteiger partial charge in [0.25, 0.3) is 0 Å². The van der Waals surface area contributed by atoms with Crippen molar-refractivity contribution in [1.29, 1.82) is 0 Å². The molecule has 0 spiro atoms. The molecule has 1 saturated heterocycles. The Bertz CT molecular complexity index is 313. The van der Waals surface area contributed by atoms with Gasteiger partial charge in [0.2, 0.25) is 5.91 Å². The predicted octanol–water partition coefficient (Wildman–Crippen LogP) is -0.759. The summed E-state index contributed by atoms with van der Waals surface area (Å²) in [7, 11) is 0. The Balaban J connectivity index is 2.33. The van der Waals surface area contributed by atoms with E-state index in [0.29, 0.717) is 12.5 Å². The number of carbonyl (C=O) groups is 2. The molecule has 3 amide bonds. The normalized spacial score (nSPS) is 18.2. The second-order valence-corrected chi connectivity index (χ2v) is 3.92. The highest BCUT2D eigenvalue weighted by Crippen LogP contribution is 1.97. The maximum Gasteiger partial charge on any atom is 0.324 e. The van der Waals surface area contributed by atoms with Crippen LogP contribution in [0.4, 0.5) is 4.79 Å². The molecule has 0 aliphatic carbocycles. The van der Waals surface area contributed by atoms with Crippen molar-refractivity contribution in [2.45, 2.75) is 26.3 Å². The minimum Gasteiger partial charge on any atom is -0.370 e. The Hall–Kier alpha value is -1.79. The van der Waals surface area contributed by atoms with E-state index >= 15 is 0 Å². The van der Waals surface area contributed by atoms with Crippen LogP contribution in [-0.2, 0) is 4.79 Å². The molecular formula is C10H19N5O2. The zero-order valence-electron chi connectivity index (χ0n) is 10.2. The quantitative estimate of drug-likeness (QED) is 0.334. The molecule has 1 atom stereocenters. The number of nitrogens with one attached hydrogen (secondary N) is 2. The highest BCUT2D eigenvalue weighted by atomic mass is 16.2. The van der Waals surface area contributed by atoms with E-state index in [-0.39, 0.29) is 31.1 Å². The fourth-order valence-corrected chi connectivity index (χ4v) is 1.35. The number of nitrogens with two attached hydrogens (primary N) is 1. The second kappa shape index (κ2) is 6.07.